The molecular formula is C13H14ClN3O. The van der Waals surface area contributed by atoms with Crippen LogP contribution in [0.1, 0.15) is 5.56 Å². The molecule has 18 heavy (non-hydrogen) atoms. The Hall–Kier alpha value is -1.81. The van der Waals surface area contributed by atoms with Gasteiger partial charge in [0.25, 0.3) is 0 Å². The van der Waals surface area contributed by atoms with Crippen molar-refractivity contribution in [2.45, 2.75) is 6.92 Å². The molecule has 5 heteroatoms. The zero-order valence-corrected chi connectivity index (χ0v) is 11.3. The number of rotatable bonds is 3. The quantitative estimate of drug-likeness (QED) is 0.797. The molecule has 0 N–H and O–H groups in total. The Bertz CT molecular complexity index is 560. The van der Waals surface area contributed by atoms with Crippen LogP contribution < -0.4 is 9.64 Å². The minimum Gasteiger partial charge on any atom is -0.497 e. The second-order valence-corrected chi connectivity index (χ2v) is 4.23. The van der Waals surface area contributed by atoms with Crippen molar-refractivity contribution in [2.75, 3.05) is 19.1 Å². The Morgan fingerprint density at radius 1 is 1.28 bits per heavy atom. The number of methoxy groups -OCH3 is 1. The average Bonchev–Trinajstić information content (AvgIpc) is 2.41. The van der Waals surface area contributed by atoms with E-state index in [1.165, 1.54) is 6.33 Å². The van der Waals surface area contributed by atoms with Gasteiger partial charge in [-0.3, -0.25) is 0 Å². The highest BCUT2D eigenvalue weighted by Crippen LogP contribution is 2.29. The Balaban J connectivity index is 2.41. The molecule has 0 spiro atoms. The van der Waals surface area contributed by atoms with Gasteiger partial charge in [0.2, 0.25) is 0 Å². The first-order chi connectivity index (χ1) is 8.63. The molecule has 0 bridgehead atoms. The van der Waals surface area contributed by atoms with Crippen molar-refractivity contribution in [2.24, 2.45) is 0 Å². The molecule has 94 valence electrons. The van der Waals surface area contributed by atoms with Gasteiger partial charge >= 0.3 is 0 Å². The van der Waals surface area contributed by atoms with Gasteiger partial charge < -0.3 is 9.64 Å². The molecule has 0 saturated heterocycles. The van der Waals surface area contributed by atoms with E-state index in [4.69, 9.17) is 16.3 Å². The maximum absolute atomic E-state index is 6.00. The number of halogens is 1. The highest BCUT2D eigenvalue weighted by atomic mass is 35.5. The van der Waals surface area contributed by atoms with Crippen LogP contribution in [0.4, 0.5) is 11.5 Å². The van der Waals surface area contributed by atoms with Crippen LogP contribution in [-0.2, 0) is 0 Å². The van der Waals surface area contributed by atoms with Crippen LogP contribution in [0, 0.1) is 6.92 Å². The summed E-state index contributed by atoms with van der Waals surface area (Å²) in [6, 6.07) is 7.76. The van der Waals surface area contributed by atoms with E-state index in [0.717, 1.165) is 22.8 Å². The first-order valence-electron chi connectivity index (χ1n) is 5.48. The molecule has 2 rings (SSSR count). The molecule has 0 saturated carbocycles. The Labute approximate surface area is 111 Å². The van der Waals surface area contributed by atoms with Gasteiger partial charge in [0.15, 0.2) is 0 Å². The van der Waals surface area contributed by atoms with E-state index in [-0.39, 0.29) is 0 Å². The molecule has 0 aliphatic carbocycles. The van der Waals surface area contributed by atoms with E-state index in [1.807, 2.05) is 43.1 Å². The van der Waals surface area contributed by atoms with Crippen molar-refractivity contribution in [1.82, 2.24) is 9.97 Å². The normalized spacial score (nSPS) is 10.2. The number of benzene rings is 1. The van der Waals surface area contributed by atoms with Crippen molar-refractivity contribution in [1.29, 1.82) is 0 Å². The van der Waals surface area contributed by atoms with E-state index < -0.39 is 0 Å². The lowest BCUT2D eigenvalue weighted by Gasteiger charge is -2.20. The van der Waals surface area contributed by atoms with Crippen molar-refractivity contribution < 1.29 is 4.74 Å². The predicted molar refractivity (Wildman–Crippen MR) is 72.8 cm³/mol. The minimum absolute atomic E-state index is 0.467. The molecule has 0 fully saturated rings. The van der Waals surface area contributed by atoms with Crippen LogP contribution in [0.2, 0.25) is 5.15 Å². The molecule has 0 atom stereocenters. The molecule has 0 unspecified atom stereocenters. The Morgan fingerprint density at radius 2 is 2.06 bits per heavy atom. The summed E-state index contributed by atoms with van der Waals surface area (Å²) in [7, 11) is 3.58. The lowest BCUT2D eigenvalue weighted by atomic mass is 10.2. The van der Waals surface area contributed by atoms with E-state index >= 15 is 0 Å². The molecule has 1 heterocycles. The molecule has 4 nitrogen and oxygen atoms in total. The van der Waals surface area contributed by atoms with E-state index in [1.54, 1.807) is 7.11 Å². The molecule has 1 aromatic heterocycles. The fourth-order valence-corrected chi connectivity index (χ4v) is 1.83. The SMILES string of the molecule is COc1cccc(N(C)c2ncnc(Cl)c2C)c1. The van der Waals surface area contributed by atoms with Crippen LogP contribution in [0.5, 0.6) is 5.75 Å². The number of hydrogen-bond acceptors (Lipinski definition) is 4. The fraction of sp³-hybridized carbons (Fsp3) is 0.231. The van der Waals surface area contributed by atoms with Crippen LogP contribution >= 0.6 is 11.6 Å². The summed E-state index contributed by atoms with van der Waals surface area (Å²) in [5.74, 6) is 1.58. The smallest absolute Gasteiger partial charge is 0.140 e. The van der Waals surface area contributed by atoms with Crippen LogP contribution in [-0.4, -0.2) is 24.1 Å². The second kappa shape index (κ2) is 5.23. The van der Waals surface area contributed by atoms with E-state index in [2.05, 4.69) is 9.97 Å². The lowest BCUT2D eigenvalue weighted by molar-refractivity contribution is 0.415. The zero-order valence-electron chi connectivity index (χ0n) is 10.5. The van der Waals surface area contributed by atoms with E-state index in [0.29, 0.717) is 5.15 Å². The number of anilines is 2. The number of hydrogen-bond donors (Lipinski definition) is 0. The number of ether oxygens (including phenoxy) is 1. The van der Waals surface area contributed by atoms with E-state index in [9.17, 15) is 0 Å². The average molecular weight is 264 g/mol. The molecule has 0 aliphatic heterocycles. The molecule has 0 amide bonds. The van der Waals surface area contributed by atoms with Crippen LogP contribution in [0.25, 0.3) is 0 Å². The Kier molecular flexibility index (Phi) is 3.67. The van der Waals surface area contributed by atoms with Gasteiger partial charge in [-0.1, -0.05) is 17.7 Å². The van der Waals surface area contributed by atoms with Gasteiger partial charge in [0, 0.05) is 24.4 Å². The molecule has 2 aromatic rings. The van der Waals surface area contributed by atoms with Gasteiger partial charge in [0.1, 0.15) is 23.0 Å². The van der Waals surface area contributed by atoms with Crippen molar-refractivity contribution in [3.63, 3.8) is 0 Å². The molecule has 0 radical (unpaired) electrons. The standard InChI is InChI=1S/C13H14ClN3O/c1-9-12(14)15-8-16-13(9)17(2)10-5-4-6-11(7-10)18-3/h4-8H,1-3H3. The zero-order chi connectivity index (χ0) is 13.1. The summed E-state index contributed by atoms with van der Waals surface area (Å²) in [6.07, 6.45) is 1.46. The maximum atomic E-state index is 6.00. The highest BCUT2D eigenvalue weighted by molar-refractivity contribution is 6.30. The molecular weight excluding hydrogens is 250 g/mol. The third kappa shape index (κ3) is 2.38. The first-order valence-corrected chi connectivity index (χ1v) is 5.86. The molecule has 0 aliphatic rings. The molecule has 1 aromatic carbocycles. The fourth-order valence-electron chi connectivity index (χ4n) is 1.70. The summed E-state index contributed by atoms with van der Waals surface area (Å²) in [5.41, 5.74) is 1.83. The number of nitrogens with zero attached hydrogens (tertiary/aromatic N) is 3. The first kappa shape index (κ1) is 12.6. The van der Waals surface area contributed by atoms with Crippen molar-refractivity contribution >= 4 is 23.1 Å². The predicted octanol–water partition coefficient (Wildman–Crippen LogP) is 3.21. The highest BCUT2D eigenvalue weighted by Gasteiger charge is 2.11. The summed E-state index contributed by atoms with van der Waals surface area (Å²) >= 11 is 6.00. The minimum atomic E-state index is 0.467. The van der Waals surface area contributed by atoms with Gasteiger partial charge in [0.05, 0.1) is 7.11 Å². The maximum Gasteiger partial charge on any atom is 0.140 e. The second-order valence-electron chi connectivity index (χ2n) is 3.87. The largest absolute Gasteiger partial charge is 0.497 e. The topological polar surface area (TPSA) is 38.2 Å². The van der Waals surface area contributed by atoms with Gasteiger partial charge in [-0.05, 0) is 19.1 Å². The Morgan fingerprint density at radius 3 is 2.78 bits per heavy atom. The van der Waals surface area contributed by atoms with Crippen molar-refractivity contribution in [3.8, 4) is 5.75 Å². The van der Waals surface area contributed by atoms with Gasteiger partial charge in [-0.25, -0.2) is 9.97 Å². The van der Waals surface area contributed by atoms with Crippen LogP contribution in [0.3, 0.4) is 0 Å². The summed E-state index contributed by atoms with van der Waals surface area (Å²) in [6.45, 7) is 1.90. The third-order valence-electron chi connectivity index (χ3n) is 2.75. The van der Waals surface area contributed by atoms with Crippen LogP contribution in [0.15, 0.2) is 30.6 Å². The van der Waals surface area contributed by atoms with Gasteiger partial charge in [-0.2, -0.15) is 0 Å². The lowest BCUT2D eigenvalue weighted by Crippen LogP contribution is -2.13. The van der Waals surface area contributed by atoms with Crippen molar-refractivity contribution in [3.05, 3.63) is 41.3 Å². The summed E-state index contributed by atoms with van der Waals surface area (Å²) < 4.78 is 5.21. The third-order valence-corrected chi connectivity index (χ3v) is 3.14. The summed E-state index contributed by atoms with van der Waals surface area (Å²) in [4.78, 5) is 10.2. The summed E-state index contributed by atoms with van der Waals surface area (Å²) in [5, 5.41) is 0.467. The number of aromatic nitrogens is 2. The van der Waals surface area contributed by atoms with Gasteiger partial charge in [-0.15, -0.1) is 0 Å². The monoisotopic (exact) mass is 263 g/mol.